The number of carbonyl (C=O) groups excluding carboxylic acids is 2. The van der Waals surface area contributed by atoms with Gasteiger partial charge in [0.25, 0.3) is 11.5 Å². The van der Waals surface area contributed by atoms with E-state index in [9.17, 15) is 14.4 Å². The SMILES string of the molecule is Cc1ccc(NC(=O)COC(=O)CCc2c(C)[nH]c(=O)c(C#N)c2C)cc1Cl. The summed E-state index contributed by atoms with van der Waals surface area (Å²) >= 11 is 6.00. The molecule has 0 radical (unpaired) electrons. The standard InChI is InChI=1S/C20H20ClN3O4/c1-11-4-5-14(8-17(11)21)24-18(25)10-28-19(26)7-6-15-12(2)16(9-22)20(27)23-13(15)3/h4-5,8H,6-7,10H2,1-3H3,(H,23,27)(H,24,25). The molecule has 2 rings (SSSR count). The molecule has 1 aromatic heterocycles. The highest BCUT2D eigenvalue weighted by Gasteiger charge is 2.14. The average molecular weight is 402 g/mol. The number of ether oxygens (including phenoxy) is 1. The molecule has 0 bridgehead atoms. The van der Waals surface area contributed by atoms with Gasteiger partial charge in [0.2, 0.25) is 0 Å². The number of hydrogen-bond acceptors (Lipinski definition) is 5. The molecular formula is C20H20ClN3O4. The Kier molecular flexibility index (Phi) is 6.96. The number of benzene rings is 1. The second-order valence-electron chi connectivity index (χ2n) is 6.34. The number of anilines is 1. The van der Waals surface area contributed by atoms with Crippen LogP contribution in [0, 0.1) is 32.1 Å². The molecular weight excluding hydrogens is 382 g/mol. The molecule has 0 spiro atoms. The Balaban J connectivity index is 1.89. The Morgan fingerprint density at radius 3 is 2.64 bits per heavy atom. The van der Waals surface area contributed by atoms with E-state index in [4.69, 9.17) is 21.6 Å². The first-order valence-corrected chi connectivity index (χ1v) is 8.94. The van der Waals surface area contributed by atoms with Crippen molar-refractivity contribution >= 4 is 29.2 Å². The Morgan fingerprint density at radius 2 is 2.00 bits per heavy atom. The highest BCUT2D eigenvalue weighted by atomic mass is 35.5. The maximum absolute atomic E-state index is 12.0. The maximum Gasteiger partial charge on any atom is 0.306 e. The van der Waals surface area contributed by atoms with E-state index in [0.29, 0.717) is 27.5 Å². The minimum Gasteiger partial charge on any atom is -0.456 e. The predicted octanol–water partition coefficient (Wildman–Crippen LogP) is 2.94. The number of esters is 1. The Hall–Kier alpha value is -3.11. The summed E-state index contributed by atoms with van der Waals surface area (Å²) in [5.74, 6) is -1.03. The number of nitriles is 1. The zero-order valence-corrected chi connectivity index (χ0v) is 16.6. The van der Waals surface area contributed by atoms with Crippen LogP contribution in [0.4, 0.5) is 5.69 Å². The van der Waals surface area contributed by atoms with Gasteiger partial charge in [-0.25, -0.2) is 0 Å². The van der Waals surface area contributed by atoms with Crippen molar-refractivity contribution in [2.24, 2.45) is 0 Å². The first-order chi connectivity index (χ1) is 13.2. The van der Waals surface area contributed by atoms with E-state index in [1.807, 2.05) is 13.0 Å². The van der Waals surface area contributed by atoms with E-state index in [-0.39, 0.29) is 18.4 Å². The number of nitrogens with one attached hydrogen (secondary N) is 2. The van der Waals surface area contributed by atoms with Crippen LogP contribution in [0.1, 0.15) is 34.4 Å². The lowest BCUT2D eigenvalue weighted by Crippen LogP contribution is -2.21. The lowest BCUT2D eigenvalue weighted by molar-refractivity contribution is -0.147. The summed E-state index contributed by atoms with van der Waals surface area (Å²) in [7, 11) is 0. The van der Waals surface area contributed by atoms with E-state index in [0.717, 1.165) is 5.56 Å². The molecule has 28 heavy (non-hydrogen) atoms. The predicted molar refractivity (Wildman–Crippen MR) is 105 cm³/mol. The van der Waals surface area contributed by atoms with Crippen LogP contribution in [0.5, 0.6) is 0 Å². The second kappa shape index (κ2) is 9.20. The normalized spacial score (nSPS) is 10.2. The smallest absolute Gasteiger partial charge is 0.306 e. The molecule has 0 aliphatic rings. The fourth-order valence-corrected chi connectivity index (χ4v) is 2.91. The van der Waals surface area contributed by atoms with Crippen molar-refractivity contribution in [1.29, 1.82) is 5.26 Å². The van der Waals surface area contributed by atoms with Crippen LogP contribution in [-0.2, 0) is 20.7 Å². The van der Waals surface area contributed by atoms with Gasteiger partial charge in [0.1, 0.15) is 11.6 Å². The van der Waals surface area contributed by atoms with Crippen LogP contribution in [0.15, 0.2) is 23.0 Å². The third-order valence-corrected chi connectivity index (χ3v) is 4.73. The Labute approximate surface area is 167 Å². The topological polar surface area (TPSA) is 112 Å². The van der Waals surface area contributed by atoms with Gasteiger partial charge in [-0.2, -0.15) is 5.26 Å². The molecule has 0 aliphatic heterocycles. The van der Waals surface area contributed by atoms with Crippen molar-refractivity contribution in [3.63, 3.8) is 0 Å². The number of aryl methyl sites for hydroxylation is 2. The summed E-state index contributed by atoms with van der Waals surface area (Å²) in [6.07, 6.45) is 0.305. The molecule has 0 saturated carbocycles. The van der Waals surface area contributed by atoms with Gasteiger partial charge in [-0.05, 0) is 56.0 Å². The molecule has 8 heteroatoms. The summed E-state index contributed by atoms with van der Waals surface area (Å²) in [5.41, 5.74) is 2.85. The van der Waals surface area contributed by atoms with Crippen LogP contribution in [-0.4, -0.2) is 23.5 Å². The number of pyridine rings is 1. The van der Waals surface area contributed by atoms with E-state index in [1.165, 1.54) is 0 Å². The number of carbonyl (C=O) groups is 2. The minimum atomic E-state index is -0.555. The first-order valence-electron chi connectivity index (χ1n) is 8.57. The third-order valence-electron chi connectivity index (χ3n) is 4.32. The minimum absolute atomic E-state index is 0.0161. The number of H-pyrrole nitrogens is 1. The number of rotatable bonds is 6. The fraction of sp³-hybridized carbons (Fsp3) is 0.300. The second-order valence-corrected chi connectivity index (χ2v) is 6.75. The van der Waals surface area contributed by atoms with Gasteiger partial charge in [-0.15, -0.1) is 0 Å². The van der Waals surface area contributed by atoms with Gasteiger partial charge in [-0.3, -0.25) is 14.4 Å². The first kappa shape index (κ1) is 21.2. The molecule has 0 fully saturated rings. The average Bonchev–Trinajstić information content (AvgIpc) is 2.63. The molecule has 0 atom stereocenters. The molecule has 2 N–H and O–H groups in total. The lowest BCUT2D eigenvalue weighted by atomic mass is 9.99. The van der Waals surface area contributed by atoms with Gasteiger partial charge < -0.3 is 15.0 Å². The van der Waals surface area contributed by atoms with Crippen LogP contribution in [0.3, 0.4) is 0 Å². The summed E-state index contributed by atoms with van der Waals surface area (Å²) in [6.45, 7) is 4.80. The van der Waals surface area contributed by atoms with Crippen LogP contribution >= 0.6 is 11.6 Å². The molecule has 0 aliphatic carbocycles. The van der Waals surface area contributed by atoms with E-state index in [1.54, 1.807) is 32.0 Å². The molecule has 7 nitrogen and oxygen atoms in total. The van der Waals surface area contributed by atoms with Crippen molar-refractivity contribution in [3.05, 3.63) is 61.5 Å². The van der Waals surface area contributed by atoms with E-state index < -0.39 is 24.0 Å². The number of hydrogen-bond donors (Lipinski definition) is 2. The number of nitrogens with zero attached hydrogens (tertiary/aromatic N) is 1. The van der Waals surface area contributed by atoms with Crippen molar-refractivity contribution in [2.75, 3.05) is 11.9 Å². The van der Waals surface area contributed by atoms with Gasteiger partial charge in [0.05, 0.1) is 0 Å². The molecule has 2 aromatic rings. The van der Waals surface area contributed by atoms with Crippen LogP contribution in [0.2, 0.25) is 5.02 Å². The van der Waals surface area contributed by atoms with Crippen molar-refractivity contribution in [3.8, 4) is 6.07 Å². The van der Waals surface area contributed by atoms with Crippen LogP contribution < -0.4 is 10.9 Å². The largest absolute Gasteiger partial charge is 0.456 e. The quantitative estimate of drug-likeness (QED) is 0.722. The molecule has 0 unspecified atom stereocenters. The summed E-state index contributed by atoms with van der Waals surface area (Å²) in [4.78, 5) is 38.2. The Morgan fingerprint density at radius 1 is 1.29 bits per heavy atom. The van der Waals surface area contributed by atoms with E-state index in [2.05, 4.69) is 10.3 Å². The molecule has 1 aromatic carbocycles. The van der Waals surface area contributed by atoms with Gasteiger partial charge in [-0.1, -0.05) is 17.7 Å². The number of aromatic nitrogens is 1. The fourth-order valence-electron chi connectivity index (χ4n) is 2.73. The Bertz CT molecular complexity index is 1020. The molecule has 1 heterocycles. The highest BCUT2D eigenvalue weighted by Crippen LogP contribution is 2.20. The van der Waals surface area contributed by atoms with Gasteiger partial charge in [0.15, 0.2) is 6.61 Å². The zero-order chi connectivity index (χ0) is 20.8. The zero-order valence-electron chi connectivity index (χ0n) is 15.8. The number of halogens is 1. The van der Waals surface area contributed by atoms with Crippen LogP contribution in [0.25, 0.3) is 0 Å². The maximum atomic E-state index is 12.0. The summed E-state index contributed by atoms with van der Waals surface area (Å²) in [6, 6.07) is 6.96. The monoisotopic (exact) mass is 401 g/mol. The number of amides is 1. The van der Waals surface area contributed by atoms with Gasteiger partial charge in [0, 0.05) is 22.8 Å². The lowest BCUT2D eigenvalue weighted by Gasteiger charge is -2.11. The van der Waals surface area contributed by atoms with Crippen molar-refractivity contribution in [2.45, 2.75) is 33.6 Å². The molecule has 146 valence electrons. The van der Waals surface area contributed by atoms with E-state index >= 15 is 0 Å². The molecule has 0 saturated heterocycles. The van der Waals surface area contributed by atoms with Gasteiger partial charge >= 0.3 is 5.97 Å². The summed E-state index contributed by atoms with van der Waals surface area (Å²) in [5, 5.41) is 12.2. The van der Waals surface area contributed by atoms with Crippen molar-refractivity contribution < 1.29 is 14.3 Å². The van der Waals surface area contributed by atoms with Crippen molar-refractivity contribution in [1.82, 2.24) is 4.98 Å². The molecule has 1 amide bonds. The summed E-state index contributed by atoms with van der Waals surface area (Å²) < 4.78 is 4.99. The highest BCUT2D eigenvalue weighted by molar-refractivity contribution is 6.31. The number of aromatic amines is 1. The third kappa shape index (κ3) is 5.21.